The number of halogens is 1. The van der Waals surface area contributed by atoms with Gasteiger partial charge in [-0.1, -0.05) is 41.1 Å². The summed E-state index contributed by atoms with van der Waals surface area (Å²) in [5, 5.41) is 4.48. The van der Waals surface area contributed by atoms with E-state index in [1.54, 1.807) is 40.6 Å². The molecule has 0 aliphatic carbocycles. The minimum absolute atomic E-state index is 0.00332. The van der Waals surface area contributed by atoms with Crippen molar-refractivity contribution >= 4 is 46.3 Å². The number of nitrogens with zero attached hydrogens (tertiary/aromatic N) is 1. The number of hydrogen-bond acceptors (Lipinski definition) is 5. The highest BCUT2D eigenvalue weighted by atomic mass is 35.5. The quantitative estimate of drug-likeness (QED) is 0.607. The van der Waals surface area contributed by atoms with Gasteiger partial charge in [0.05, 0.1) is 11.6 Å². The number of hydrogen-bond donors (Lipinski definition) is 1. The summed E-state index contributed by atoms with van der Waals surface area (Å²) in [6.07, 6.45) is 0.236. The SMILES string of the molecule is O=C(CCn1c2c(sc1=O)[C@H]1c3ccccc3OC[C@H]1CS2)Nc1ccc(Cl)cc1. The summed E-state index contributed by atoms with van der Waals surface area (Å²) in [5.74, 6) is 2.23. The Morgan fingerprint density at radius 1 is 1.20 bits per heavy atom. The zero-order chi connectivity index (χ0) is 20.7. The molecule has 1 amide bonds. The molecule has 0 radical (unpaired) electrons. The number of nitrogens with one attached hydrogen (secondary N) is 1. The number of amides is 1. The monoisotopic (exact) mass is 458 g/mol. The molecule has 0 bridgehead atoms. The van der Waals surface area contributed by atoms with Gasteiger partial charge < -0.3 is 10.1 Å². The third kappa shape index (κ3) is 3.66. The number of fused-ring (bicyclic) bond motifs is 5. The molecule has 30 heavy (non-hydrogen) atoms. The van der Waals surface area contributed by atoms with Gasteiger partial charge in [-0.05, 0) is 30.3 Å². The highest BCUT2D eigenvalue weighted by Gasteiger charge is 2.39. The molecule has 2 aliphatic rings. The largest absolute Gasteiger partial charge is 0.493 e. The number of aromatic nitrogens is 1. The van der Waals surface area contributed by atoms with Gasteiger partial charge in [0.25, 0.3) is 0 Å². The summed E-state index contributed by atoms with van der Waals surface area (Å²) >= 11 is 8.89. The van der Waals surface area contributed by atoms with Crippen LogP contribution < -0.4 is 14.9 Å². The summed E-state index contributed by atoms with van der Waals surface area (Å²) in [7, 11) is 0. The average Bonchev–Trinajstić information content (AvgIpc) is 3.08. The van der Waals surface area contributed by atoms with E-state index >= 15 is 0 Å². The zero-order valence-corrected chi connectivity index (χ0v) is 18.4. The molecule has 0 saturated carbocycles. The van der Waals surface area contributed by atoms with Crippen LogP contribution in [0.15, 0.2) is 58.4 Å². The van der Waals surface area contributed by atoms with Crippen LogP contribution in [-0.4, -0.2) is 22.8 Å². The lowest BCUT2D eigenvalue weighted by Crippen LogP contribution is -2.31. The number of carbonyl (C=O) groups is 1. The second-order valence-electron chi connectivity index (χ2n) is 7.39. The van der Waals surface area contributed by atoms with E-state index in [1.807, 2.05) is 18.2 Å². The lowest BCUT2D eigenvalue weighted by Gasteiger charge is -2.36. The summed E-state index contributed by atoms with van der Waals surface area (Å²) in [6.45, 7) is 1.04. The molecule has 0 fully saturated rings. The molecule has 2 atom stereocenters. The van der Waals surface area contributed by atoms with Gasteiger partial charge in [-0.25, -0.2) is 0 Å². The Bertz CT molecular complexity index is 1160. The number of thiazole rings is 1. The molecule has 3 aromatic rings. The molecule has 5 nitrogen and oxygen atoms in total. The number of benzene rings is 2. The Labute approximate surface area is 187 Å². The fourth-order valence-electron chi connectivity index (χ4n) is 4.02. The third-order valence-electron chi connectivity index (χ3n) is 5.46. The fourth-order valence-corrected chi connectivity index (χ4v) is 6.89. The normalized spacial score (nSPS) is 19.2. The summed E-state index contributed by atoms with van der Waals surface area (Å²) < 4.78 is 7.70. The van der Waals surface area contributed by atoms with Gasteiger partial charge in [0.1, 0.15) is 5.75 Å². The molecule has 1 aromatic heterocycles. The van der Waals surface area contributed by atoms with Crippen molar-refractivity contribution in [2.45, 2.75) is 23.9 Å². The molecule has 3 heterocycles. The van der Waals surface area contributed by atoms with Crippen LogP contribution in [0.2, 0.25) is 5.02 Å². The van der Waals surface area contributed by atoms with Crippen LogP contribution in [0, 0.1) is 5.92 Å². The Morgan fingerprint density at radius 2 is 2.00 bits per heavy atom. The highest BCUT2D eigenvalue weighted by molar-refractivity contribution is 7.99. The molecular formula is C22H19ClN2O3S2. The van der Waals surface area contributed by atoms with Gasteiger partial charge in [0.2, 0.25) is 5.91 Å². The van der Waals surface area contributed by atoms with Gasteiger partial charge in [0.15, 0.2) is 0 Å². The van der Waals surface area contributed by atoms with Crippen LogP contribution in [0.1, 0.15) is 22.8 Å². The predicted octanol–water partition coefficient (Wildman–Crippen LogP) is 4.84. The van der Waals surface area contributed by atoms with Crippen molar-refractivity contribution < 1.29 is 9.53 Å². The van der Waals surface area contributed by atoms with Crippen molar-refractivity contribution in [3.05, 3.63) is 73.7 Å². The fraction of sp³-hybridized carbons (Fsp3) is 0.273. The highest BCUT2D eigenvalue weighted by Crippen LogP contribution is 2.50. The maximum Gasteiger partial charge on any atom is 0.308 e. The summed E-state index contributed by atoms with van der Waals surface area (Å²) in [4.78, 5) is 26.3. The van der Waals surface area contributed by atoms with E-state index in [2.05, 4.69) is 11.4 Å². The zero-order valence-electron chi connectivity index (χ0n) is 16.0. The maximum absolute atomic E-state index is 12.8. The van der Waals surface area contributed by atoms with E-state index < -0.39 is 0 Å². The van der Waals surface area contributed by atoms with Crippen LogP contribution in [0.4, 0.5) is 5.69 Å². The first kappa shape index (κ1) is 19.7. The molecule has 0 unspecified atom stereocenters. The number of para-hydroxylation sites is 1. The van der Waals surface area contributed by atoms with Crippen LogP contribution >= 0.6 is 34.7 Å². The van der Waals surface area contributed by atoms with Gasteiger partial charge in [0, 0.05) is 51.7 Å². The Hall–Kier alpha value is -2.22. The van der Waals surface area contributed by atoms with Gasteiger partial charge >= 0.3 is 4.87 Å². The van der Waals surface area contributed by atoms with E-state index in [9.17, 15) is 9.59 Å². The Morgan fingerprint density at radius 3 is 2.83 bits per heavy atom. The predicted molar refractivity (Wildman–Crippen MR) is 121 cm³/mol. The molecule has 0 spiro atoms. The molecule has 2 aromatic carbocycles. The number of ether oxygens (including phenoxy) is 1. The van der Waals surface area contributed by atoms with E-state index in [4.69, 9.17) is 16.3 Å². The van der Waals surface area contributed by atoms with Crippen LogP contribution in [0.5, 0.6) is 5.75 Å². The second kappa shape index (κ2) is 8.13. The van der Waals surface area contributed by atoms with Crippen molar-refractivity contribution in [2.75, 3.05) is 17.7 Å². The van der Waals surface area contributed by atoms with Crippen LogP contribution in [0.25, 0.3) is 0 Å². The van der Waals surface area contributed by atoms with Gasteiger partial charge in [-0.15, -0.1) is 11.8 Å². The first-order chi connectivity index (χ1) is 14.6. The molecule has 1 N–H and O–H groups in total. The molecular weight excluding hydrogens is 440 g/mol. The molecule has 8 heteroatoms. The number of rotatable bonds is 4. The first-order valence-corrected chi connectivity index (χ1v) is 11.9. The lowest BCUT2D eigenvalue weighted by atomic mass is 9.84. The van der Waals surface area contributed by atoms with E-state index in [0.29, 0.717) is 29.8 Å². The molecule has 154 valence electrons. The maximum atomic E-state index is 12.8. The van der Waals surface area contributed by atoms with Gasteiger partial charge in [-0.3, -0.25) is 14.2 Å². The Kier molecular flexibility index (Phi) is 5.35. The summed E-state index contributed by atoms with van der Waals surface area (Å²) in [5.41, 5.74) is 1.85. The van der Waals surface area contributed by atoms with Crippen molar-refractivity contribution in [1.29, 1.82) is 0 Å². The summed E-state index contributed by atoms with van der Waals surface area (Å²) in [6, 6.07) is 15.1. The van der Waals surface area contributed by atoms with E-state index in [1.165, 1.54) is 11.3 Å². The second-order valence-corrected chi connectivity index (χ2v) is 9.83. The topological polar surface area (TPSA) is 60.3 Å². The first-order valence-electron chi connectivity index (χ1n) is 9.73. The van der Waals surface area contributed by atoms with Crippen molar-refractivity contribution in [1.82, 2.24) is 4.57 Å². The molecule has 0 saturated heterocycles. The molecule has 5 rings (SSSR count). The van der Waals surface area contributed by atoms with E-state index in [-0.39, 0.29) is 23.1 Å². The van der Waals surface area contributed by atoms with Gasteiger partial charge in [-0.2, -0.15) is 0 Å². The van der Waals surface area contributed by atoms with Crippen LogP contribution in [0.3, 0.4) is 0 Å². The Balaban J connectivity index is 1.36. The van der Waals surface area contributed by atoms with Crippen molar-refractivity contribution in [3.8, 4) is 5.75 Å². The average molecular weight is 459 g/mol. The minimum atomic E-state index is -0.126. The minimum Gasteiger partial charge on any atom is -0.493 e. The molecule has 2 aliphatic heterocycles. The smallest absolute Gasteiger partial charge is 0.308 e. The number of carbonyl (C=O) groups excluding carboxylic acids is 1. The number of thioether (sulfide) groups is 1. The third-order valence-corrected chi connectivity index (χ3v) is 8.21. The lowest BCUT2D eigenvalue weighted by molar-refractivity contribution is -0.116. The van der Waals surface area contributed by atoms with Crippen molar-refractivity contribution in [2.24, 2.45) is 5.92 Å². The van der Waals surface area contributed by atoms with Crippen molar-refractivity contribution in [3.63, 3.8) is 0 Å². The van der Waals surface area contributed by atoms with Crippen LogP contribution in [-0.2, 0) is 11.3 Å². The van der Waals surface area contributed by atoms with E-state index in [0.717, 1.165) is 27.0 Å². The standard InChI is InChI=1S/C22H19ClN2O3S2/c23-14-5-7-15(8-6-14)24-18(26)9-10-25-21-20(30-22(25)27)19-13(12-29-21)11-28-17-4-2-1-3-16(17)19/h1-8,13,19H,9-12H2,(H,24,26)/t13-,19+/m0/s1. The number of anilines is 1.